The summed E-state index contributed by atoms with van der Waals surface area (Å²) in [6, 6.07) is 18.0. The smallest absolute Gasteiger partial charge is 0.100 e. The Kier molecular flexibility index (Phi) is 8.19. The number of anilines is 1. The number of nitriles is 1. The summed E-state index contributed by atoms with van der Waals surface area (Å²) in [4.78, 5) is 0. The van der Waals surface area contributed by atoms with Crippen LogP contribution >= 0.6 is 0 Å². The molecule has 0 fully saturated rings. The Balaban J connectivity index is 1.81. The highest BCUT2D eigenvalue weighted by Crippen LogP contribution is 2.16. The molecule has 0 heterocycles. The van der Waals surface area contributed by atoms with Gasteiger partial charge in [0.25, 0.3) is 0 Å². The highest BCUT2D eigenvalue weighted by atomic mass is 15.1. The van der Waals surface area contributed by atoms with Gasteiger partial charge < -0.3 is 10.6 Å². The van der Waals surface area contributed by atoms with E-state index in [9.17, 15) is 0 Å². The fourth-order valence-corrected chi connectivity index (χ4v) is 2.92. The number of unbranched alkanes of at least 4 members (excludes halogenated alkanes) is 4. The zero-order valence-corrected chi connectivity index (χ0v) is 16.2. The van der Waals surface area contributed by atoms with Gasteiger partial charge in [-0.3, -0.25) is 0 Å². The van der Waals surface area contributed by atoms with Crippen molar-refractivity contribution in [2.75, 3.05) is 5.32 Å². The minimum absolute atomic E-state index is 0.610. The lowest BCUT2D eigenvalue weighted by molar-refractivity contribution is 0.632. The van der Waals surface area contributed by atoms with Gasteiger partial charge in [0.2, 0.25) is 0 Å². The highest BCUT2D eigenvalue weighted by Gasteiger charge is 2.03. The average Bonchev–Trinajstić information content (AvgIpc) is 2.69. The SMILES string of the molecule is C=C(NC(=C)c1cccc(C#N)c1)Nc1ccc(CCCCCCC)cc1. The first kappa shape index (κ1) is 20.3. The maximum Gasteiger partial charge on any atom is 0.100 e. The van der Waals surface area contributed by atoms with Gasteiger partial charge in [-0.1, -0.05) is 70.0 Å². The van der Waals surface area contributed by atoms with Gasteiger partial charge in [0.15, 0.2) is 0 Å². The van der Waals surface area contributed by atoms with Gasteiger partial charge in [0, 0.05) is 11.4 Å². The first-order valence-electron chi connectivity index (χ1n) is 9.63. The van der Waals surface area contributed by atoms with E-state index in [-0.39, 0.29) is 0 Å². The van der Waals surface area contributed by atoms with E-state index < -0.39 is 0 Å². The third kappa shape index (κ3) is 7.03. The molecule has 0 radical (unpaired) electrons. The number of nitrogens with one attached hydrogen (secondary N) is 2. The van der Waals surface area contributed by atoms with E-state index >= 15 is 0 Å². The van der Waals surface area contributed by atoms with Crippen molar-refractivity contribution in [3.63, 3.8) is 0 Å². The Morgan fingerprint density at radius 2 is 1.74 bits per heavy atom. The normalized spacial score (nSPS) is 10.1. The Labute approximate surface area is 163 Å². The van der Waals surface area contributed by atoms with Gasteiger partial charge in [-0.2, -0.15) is 5.26 Å². The lowest BCUT2D eigenvalue weighted by Gasteiger charge is -2.15. The molecule has 3 heteroatoms. The first-order chi connectivity index (χ1) is 13.1. The topological polar surface area (TPSA) is 47.9 Å². The lowest BCUT2D eigenvalue weighted by Crippen LogP contribution is -2.16. The molecule has 2 aromatic carbocycles. The maximum absolute atomic E-state index is 9.01. The van der Waals surface area contributed by atoms with Gasteiger partial charge in [0.1, 0.15) is 5.82 Å². The molecule has 0 bridgehead atoms. The molecule has 0 aliphatic heterocycles. The third-order valence-electron chi connectivity index (χ3n) is 4.46. The van der Waals surface area contributed by atoms with E-state index in [1.165, 1.54) is 37.7 Å². The molecule has 0 amide bonds. The number of hydrogen-bond donors (Lipinski definition) is 2. The van der Waals surface area contributed by atoms with Gasteiger partial charge in [-0.15, -0.1) is 0 Å². The summed E-state index contributed by atoms with van der Waals surface area (Å²) in [5.74, 6) is 0.648. The van der Waals surface area contributed by atoms with Crippen LogP contribution in [-0.4, -0.2) is 0 Å². The molecular formula is C24H29N3. The predicted octanol–water partition coefficient (Wildman–Crippen LogP) is 6.21. The molecule has 0 aromatic heterocycles. The molecule has 0 saturated carbocycles. The highest BCUT2D eigenvalue weighted by molar-refractivity contribution is 5.65. The van der Waals surface area contributed by atoms with Crippen LogP contribution in [0.25, 0.3) is 5.70 Å². The molecule has 27 heavy (non-hydrogen) atoms. The standard InChI is InChI=1S/C24H29N3/c1-4-5-6-7-8-10-21-13-15-24(16-14-21)27-20(3)26-19(2)23-12-9-11-22(17-23)18-25/h9,11-17,26-27H,2-8,10H2,1H3. The van der Waals surface area contributed by atoms with Crippen molar-refractivity contribution >= 4 is 11.4 Å². The van der Waals surface area contributed by atoms with Gasteiger partial charge in [-0.05, 0) is 48.2 Å². The Bertz CT molecular complexity index is 797. The van der Waals surface area contributed by atoms with Crippen molar-refractivity contribution in [3.8, 4) is 6.07 Å². The van der Waals surface area contributed by atoms with Crippen LogP contribution in [0.2, 0.25) is 0 Å². The Hall–Kier alpha value is -2.99. The van der Waals surface area contributed by atoms with Crippen LogP contribution in [0.5, 0.6) is 0 Å². The second-order valence-electron chi connectivity index (χ2n) is 6.76. The molecule has 2 aromatic rings. The van der Waals surface area contributed by atoms with Crippen LogP contribution in [-0.2, 0) is 6.42 Å². The number of aryl methyl sites for hydroxylation is 1. The van der Waals surface area contributed by atoms with E-state index in [0.29, 0.717) is 17.1 Å². The quantitative estimate of drug-likeness (QED) is 0.469. The van der Waals surface area contributed by atoms with E-state index in [1.54, 1.807) is 12.1 Å². The van der Waals surface area contributed by atoms with Crippen molar-refractivity contribution in [3.05, 3.63) is 84.2 Å². The largest absolute Gasteiger partial charge is 0.342 e. The fourth-order valence-electron chi connectivity index (χ4n) is 2.92. The van der Waals surface area contributed by atoms with Crippen molar-refractivity contribution < 1.29 is 0 Å². The molecule has 0 spiro atoms. The maximum atomic E-state index is 9.01. The lowest BCUT2D eigenvalue weighted by atomic mass is 10.1. The molecule has 2 rings (SSSR count). The van der Waals surface area contributed by atoms with Crippen LogP contribution in [0.1, 0.15) is 55.7 Å². The Morgan fingerprint density at radius 1 is 1.00 bits per heavy atom. The summed E-state index contributed by atoms with van der Waals surface area (Å²) in [5, 5.41) is 15.4. The summed E-state index contributed by atoms with van der Waals surface area (Å²) in [6.45, 7) is 10.3. The molecule has 140 valence electrons. The number of nitrogens with zero attached hydrogens (tertiary/aromatic N) is 1. The Morgan fingerprint density at radius 3 is 2.44 bits per heavy atom. The van der Waals surface area contributed by atoms with E-state index in [2.05, 4.69) is 61.0 Å². The second-order valence-corrected chi connectivity index (χ2v) is 6.76. The van der Waals surface area contributed by atoms with Crippen LogP contribution < -0.4 is 10.6 Å². The fraction of sp³-hybridized carbons (Fsp3) is 0.292. The number of hydrogen-bond acceptors (Lipinski definition) is 3. The van der Waals surface area contributed by atoms with Crippen LogP contribution in [0.15, 0.2) is 67.5 Å². The van der Waals surface area contributed by atoms with Crippen molar-refractivity contribution in [2.24, 2.45) is 0 Å². The number of benzene rings is 2. The van der Waals surface area contributed by atoms with Gasteiger partial charge in [0.05, 0.1) is 11.6 Å². The monoisotopic (exact) mass is 359 g/mol. The predicted molar refractivity (Wildman–Crippen MR) is 115 cm³/mol. The summed E-state index contributed by atoms with van der Waals surface area (Å²) in [6.07, 6.45) is 7.66. The minimum Gasteiger partial charge on any atom is -0.342 e. The minimum atomic E-state index is 0.610. The van der Waals surface area contributed by atoms with Gasteiger partial charge in [-0.25, -0.2) is 0 Å². The van der Waals surface area contributed by atoms with Crippen LogP contribution in [0.3, 0.4) is 0 Å². The van der Waals surface area contributed by atoms with Crippen LogP contribution in [0.4, 0.5) is 5.69 Å². The van der Waals surface area contributed by atoms with Crippen molar-refractivity contribution in [1.82, 2.24) is 5.32 Å². The second kappa shape index (κ2) is 10.9. The molecule has 0 saturated heterocycles. The summed E-state index contributed by atoms with van der Waals surface area (Å²) >= 11 is 0. The van der Waals surface area contributed by atoms with E-state index in [4.69, 9.17) is 5.26 Å². The summed E-state index contributed by atoms with van der Waals surface area (Å²) in [7, 11) is 0. The molecule has 0 atom stereocenters. The zero-order chi connectivity index (χ0) is 19.5. The van der Waals surface area contributed by atoms with Crippen LogP contribution in [0, 0.1) is 11.3 Å². The average molecular weight is 360 g/mol. The molecule has 2 N–H and O–H groups in total. The molecule has 0 aliphatic rings. The van der Waals surface area contributed by atoms with E-state index in [1.807, 2.05) is 12.1 Å². The van der Waals surface area contributed by atoms with Gasteiger partial charge >= 0.3 is 0 Å². The third-order valence-corrected chi connectivity index (χ3v) is 4.46. The number of rotatable bonds is 11. The van der Waals surface area contributed by atoms with Crippen molar-refractivity contribution in [1.29, 1.82) is 5.26 Å². The molecular weight excluding hydrogens is 330 g/mol. The molecule has 3 nitrogen and oxygen atoms in total. The summed E-state index contributed by atoms with van der Waals surface area (Å²) < 4.78 is 0. The summed E-state index contributed by atoms with van der Waals surface area (Å²) in [5.41, 5.74) is 4.54. The zero-order valence-electron chi connectivity index (χ0n) is 16.2. The first-order valence-corrected chi connectivity index (χ1v) is 9.63. The van der Waals surface area contributed by atoms with Crippen molar-refractivity contribution in [2.45, 2.75) is 45.4 Å². The molecule has 0 aliphatic carbocycles. The molecule has 0 unspecified atom stereocenters. The van der Waals surface area contributed by atoms with E-state index in [0.717, 1.165) is 17.7 Å².